The number of para-hydroxylation sites is 1. The molecule has 1 atom stereocenters. The zero-order chi connectivity index (χ0) is 15.6. The molecule has 1 saturated heterocycles. The Morgan fingerprint density at radius 3 is 2.91 bits per heavy atom. The van der Waals surface area contributed by atoms with Crippen LogP contribution in [0.1, 0.15) is 24.8 Å². The van der Waals surface area contributed by atoms with Gasteiger partial charge in [0.25, 0.3) is 0 Å². The van der Waals surface area contributed by atoms with Crippen LogP contribution in [0.3, 0.4) is 0 Å². The van der Waals surface area contributed by atoms with Crippen molar-refractivity contribution in [2.24, 2.45) is 5.73 Å². The number of amides is 1. The largest absolute Gasteiger partial charge is 0.381 e. The number of carbonyl (C=O) groups excluding carboxylic acids is 1. The molecule has 1 aliphatic heterocycles. The molecule has 1 aromatic heterocycles. The van der Waals surface area contributed by atoms with E-state index in [1.807, 2.05) is 25.1 Å². The summed E-state index contributed by atoms with van der Waals surface area (Å²) in [6, 6.07) is 8.09. The van der Waals surface area contributed by atoms with Crippen LogP contribution in [-0.4, -0.2) is 35.7 Å². The summed E-state index contributed by atoms with van der Waals surface area (Å²) in [7, 11) is 0. The molecule has 118 valence electrons. The molecule has 1 aliphatic rings. The zero-order valence-corrected chi connectivity index (χ0v) is 13.5. The summed E-state index contributed by atoms with van der Waals surface area (Å²) in [6.07, 6.45) is 1.87. The molecular formula is C16H21N3O2S. The van der Waals surface area contributed by atoms with Gasteiger partial charge in [0.15, 0.2) is 0 Å². The average molecular weight is 319 g/mol. The molecule has 1 fully saturated rings. The molecule has 3 rings (SSSR count). The Balaban J connectivity index is 1.62. The van der Waals surface area contributed by atoms with Crippen molar-refractivity contribution in [3.63, 3.8) is 0 Å². The number of nitrogens with one attached hydrogen (secondary N) is 1. The summed E-state index contributed by atoms with van der Waals surface area (Å²) >= 11 is 1.67. The third kappa shape index (κ3) is 3.29. The minimum Gasteiger partial charge on any atom is -0.381 e. The van der Waals surface area contributed by atoms with Gasteiger partial charge in [0.05, 0.1) is 20.8 Å². The highest BCUT2D eigenvalue weighted by Gasteiger charge is 2.36. The number of carbonyl (C=O) groups is 1. The van der Waals surface area contributed by atoms with E-state index in [0.717, 1.165) is 16.9 Å². The summed E-state index contributed by atoms with van der Waals surface area (Å²) in [5.41, 5.74) is 6.42. The molecular weight excluding hydrogens is 298 g/mol. The van der Waals surface area contributed by atoms with Crippen molar-refractivity contribution in [2.45, 2.75) is 37.8 Å². The SMILES string of the molecule is CC(Cc1nc2ccccc2s1)NC(=O)C1(N)CCOCC1. The van der Waals surface area contributed by atoms with E-state index >= 15 is 0 Å². The molecule has 1 aromatic carbocycles. The molecule has 3 N–H and O–H groups in total. The molecule has 0 spiro atoms. The van der Waals surface area contributed by atoms with Crippen LogP contribution in [0.15, 0.2) is 24.3 Å². The molecule has 0 saturated carbocycles. The Bertz CT molecular complexity index is 631. The van der Waals surface area contributed by atoms with Crippen molar-refractivity contribution in [3.05, 3.63) is 29.3 Å². The summed E-state index contributed by atoms with van der Waals surface area (Å²) in [5, 5.41) is 4.06. The first-order valence-electron chi connectivity index (χ1n) is 7.59. The Kier molecular flexibility index (Phi) is 4.42. The minimum absolute atomic E-state index is 0.0105. The van der Waals surface area contributed by atoms with E-state index in [-0.39, 0.29) is 11.9 Å². The summed E-state index contributed by atoms with van der Waals surface area (Å²) in [6.45, 7) is 3.10. The van der Waals surface area contributed by atoms with Crippen molar-refractivity contribution in [1.29, 1.82) is 0 Å². The van der Waals surface area contributed by atoms with Crippen molar-refractivity contribution < 1.29 is 9.53 Å². The second-order valence-electron chi connectivity index (χ2n) is 5.92. The van der Waals surface area contributed by atoms with Gasteiger partial charge < -0.3 is 15.8 Å². The molecule has 0 aliphatic carbocycles. The van der Waals surface area contributed by atoms with E-state index in [9.17, 15) is 4.79 Å². The van der Waals surface area contributed by atoms with Crippen LogP contribution in [0.25, 0.3) is 10.2 Å². The van der Waals surface area contributed by atoms with Crippen LogP contribution in [0.4, 0.5) is 0 Å². The number of rotatable bonds is 4. The highest BCUT2D eigenvalue weighted by Crippen LogP contribution is 2.23. The molecule has 2 aromatic rings. The van der Waals surface area contributed by atoms with Crippen LogP contribution >= 0.6 is 11.3 Å². The van der Waals surface area contributed by atoms with Gasteiger partial charge in [-0.05, 0) is 31.9 Å². The Morgan fingerprint density at radius 1 is 1.45 bits per heavy atom. The average Bonchev–Trinajstić information content (AvgIpc) is 2.89. The van der Waals surface area contributed by atoms with Gasteiger partial charge in [0, 0.05) is 25.7 Å². The number of thiazole rings is 1. The first kappa shape index (κ1) is 15.4. The predicted octanol–water partition coefficient (Wildman–Crippen LogP) is 1.85. The maximum absolute atomic E-state index is 12.4. The van der Waals surface area contributed by atoms with Gasteiger partial charge in [-0.2, -0.15) is 0 Å². The second kappa shape index (κ2) is 6.32. The fraction of sp³-hybridized carbons (Fsp3) is 0.500. The minimum atomic E-state index is -0.792. The number of nitrogens with zero attached hydrogens (tertiary/aromatic N) is 1. The normalized spacial score (nSPS) is 19.0. The maximum atomic E-state index is 12.4. The lowest BCUT2D eigenvalue weighted by Gasteiger charge is -2.32. The van der Waals surface area contributed by atoms with Crippen LogP contribution in [-0.2, 0) is 16.0 Å². The lowest BCUT2D eigenvalue weighted by Crippen LogP contribution is -2.58. The molecule has 0 radical (unpaired) electrons. The number of nitrogens with two attached hydrogens (primary N) is 1. The van der Waals surface area contributed by atoms with Gasteiger partial charge in [0.2, 0.25) is 5.91 Å². The van der Waals surface area contributed by atoms with E-state index in [0.29, 0.717) is 26.1 Å². The Morgan fingerprint density at radius 2 is 2.18 bits per heavy atom. The quantitative estimate of drug-likeness (QED) is 0.901. The number of hydrogen-bond acceptors (Lipinski definition) is 5. The monoisotopic (exact) mass is 319 g/mol. The molecule has 5 nitrogen and oxygen atoms in total. The van der Waals surface area contributed by atoms with Gasteiger partial charge in [-0.15, -0.1) is 11.3 Å². The second-order valence-corrected chi connectivity index (χ2v) is 7.04. The highest BCUT2D eigenvalue weighted by atomic mass is 32.1. The molecule has 22 heavy (non-hydrogen) atoms. The van der Waals surface area contributed by atoms with Crippen LogP contribution < -0.4 is 11.1 Å². The maximum Gasteiger partial charge on any atom is 0.240 e. The van der Waals surface area contributed by atoms with Gasteiger partial charge in [-0.3, -0.25) is 4.79 Å². The van der Waals surface area contributed by atoms with E-state index in [1.165, 1.54) is 4.70 Å². The van der Waals surface area contributed by atoms with Crippen molar-refractivity contribution in [2.75, 3.05) is 13.2 Å². The third-order valence-electron chi connectivity index (χ3n) is 4.03. The first-order valence-corrected chi connectivity index (χ1v) is 8.40. The number of fused-ring (bicyclic) bond motifs is 1. The predicted molar refractivity (Wildman–Crippen MR) is 87.9 cm³/mol. The van der Waals surface area contributed by atoms with Crippen molar-refractivity contribution >= 4 is 27.5 Å². The molecule has 1 amide bonds. The van der Waals surface area contributed by atoms with Gasteiger partial charge in [-0.25, -0.2) is 4.98 Å². The Hall–Kier alpha value is -1.50. The van der Waals surface area contributed by atoms with Crippen LogP contribution in [0.2, 0.25) is 0 Å². The van der Waals surface area contributed by atoms with Gasteiger partial charge >= 0.3 is 0 Å². The zero-order valence-electron chi connectivity index (χ0n) is 12.7. The third-order valence-corrected chi connectivity index (χ3v) is 5.09. The molecule has 0 bridgehead atoms. The van der Waals surface area contributed by atoms with Crippen LogP contribution in [0.5, 0.6) is 0 Å². The lowest BCUT2D eigenvalue weighted by molar-refractivity contribution is -0.130. The topological polar surface area (TPSA) is 77.2 Å². The first-order chi connectivity index (χ1) is 10.6. The summed E-state index contributed by atoms with van der Waals surface area (Å²) < 4.78 is 6.46. The molecule has 6 heteroatoms. The lowest BCUT2D eigenvalue weighted by atomic mass is 9.90. The highest BCUT2D eigenvalue weighted by molar-refractivity contribution is 7.18. The van der Waals surface area contributed by atoms with Crippen molar-refractivity contribution in [1.82, 2.24) is 10.3 Å². The number of ether oxygens (including phenoxy) is 1. The van der Waals surface area contributed by atoms with Crippen molar-refractivity contribution in [3.8, 4) is 0 Å². The summed E-state index contributed by atoms with van der Waals surface area (Å²) in [4.78, 5) is 17.0. The van der Waals surface area contributed by atoms with E-state index in [1.54, 1.807) is 11.3 Å². The standard InChI is InChI=1S/C16H21N3O2S/c1-11(18-15(20)16(17)6-8-21-9-7-16)10-14-19-12-4-2-3-5-13(12)22-14/h2-5,11H,6-10,17H2,1H3,(H,18,20). The molecule has 1 unspecified atom stereocenters. The van der Waals surface area contributed by atoms with Gasteiger partial charge in [0.1, 0.15) is 0 Å². The van der Waals surface area contributed by atoms with E-state index in [2.05, 4.69) is 16.4 Å². The number of hydrogen-bond donors (Lipinski definition) is 2. The molecule has 2 heterocycles. The fourth-order valence-corrected chi connectivity index (χ4v) is 3.75. The number of benzene rings is 1. The smallest absolute Gasteiger partial charge is 0.240 e. The number of aromatic nitrogens is 1. The van der Waals surface area contributed by atoms with Gasteiger partial charge in [-0.1, -0.05) is 12.1 Å². The van der Waals surface area contributed by atoms with Crippen LogP contribution in [0, 0.1) is 0 Å². The summed E-state index contributed by atoms with van der Waals surface area (Å²) in [5.74, 6) is -0.0792. The van der Waals surface area contributed by atoms with E-state index < -0.39 is 5.54 Å². The fourth-order valence-electron chi connectivity index (χ4n) is 2.65. The Labute approximate surface area is 133 Å². The van der Waals surface area contributed by atoms with E-state index in [4.69, 9.17) is 10.5 Å².